The van der Waals surface area contributed by atoms with Crippen molar-refractivity contribution in [3.63, 3.8) is 0 Å². The van der Waals surface area contributed by atoms with Gasteiger partial charge in [-0.1, -0.05) is 160 Å². The van der Waals surface area contributed by atoms with E-state index in [1.54, 1.807) is 0 Å². The standard InChI is InChI=1S/C51H76O10/c1-3-5-7-9-11-13-15-17-18-19-20-21-22-23-24-25-26-28-29-31-33-35-37-39-46(53)58-42-44(43-59-51-50(57)49(56)48(55)45(41-52)61-51)60-47(54)40-38-36-34-32-30-27-16-14-12-10-8-6-4-2/h5-8,10-14,16-18,20-21,23-24,26-28,30,32,34,44-45,48-52,55-57H,3-4,9,15,19,22,25,29,31,33,35-43H2,1-2H3/b7-5+,8-6+,12-10+,13-11+,16-14+,18-17+,21-20+,24-23+,28-26+,30-27+,34-32+/t44?,45-,48+,49?,50?,51-/m0/s1. The van der Waals surface area contributed by atoms with Crippen LogP contribution in [0.4, 0.5) is 0 Å². The molecule has 1 saturated heterocycles. The van der Waals surface area contributed by atoms with Crippen LogP contribution in [0.15, 0.2) is 134 Å². The van der Waals surface area contributed by atoms with Gasteiger partial charge in [0.2, 0.25) is 0 Å². The third-order valence-corrected chi connectivity index (χ3v) is 9.16. The Morgan fingerprint density at radius 3 is 1.59 bits per heavy atom. The summed E-state index contributed by atoms with van der Waals surface area (Å²) in [7, 11) is 0. The van der Waals surface area contributed by atoms with E-state index in [2.05, 4.69) is 92.8 Å². The molecule has 1 aliphatic heterocycles. The minimum atomic E-state index is -1.62. The van der Waals surface area contributed by atoms with Crippen LogP contribution >= 0.6 is 0 Å². The van der Waals surface area contributed by atoms with Gasteiger partial charge >= 0.3 is 11.9 Å². The van der Waals surface area contributed by atoms with Gasteiger partial charge in [-0.05, 0) is 77.0 Å². The maximum absolute atomic E-state index is 12.7. The molecule has 4 N–H and O–H groups in total. The molecule has 0 aromatic carbocycles. The van der Waals surface area contributed by atoms with Gasteiger partial charge in [0.15, 0.2) is 12.4 Å². The van der Waals surface area contributed by atoms with E-state index in [4.69, 9.17) is 18.9 Å². The molecule has 1 fully saturated rings. The van der Waals surface area contributed by atoms with Gasteiger partial charge in [0, 0.05) is 12.8 Å². The molecule has 1 heterocycles. The molecule has 0 saturated carbocycles. The second kappa shape index (κ2) is 39.9. The number of allylic oxidation sites excluding steroid dienone is 22. The van der Waals surface area contributed by atoms with Crippen molar-refractivity contribution < 1.29 is 49.0 Å². The van der Waals surface area contributed by atoms with Crippen molar-refractivity contribution in [3.8, 4) is 0 Å². The highest BCUT2D eigenvalue weighted by molar-refractivity contribution is 5.70. The average molecular weight is 849 g/mol. The smallest absolute Gasteiger partial charge is 0.306 e. The number of hydrogen-bond donors (Lipinski definition) is 4. The molecule has 0 aliphatic carbocycles. The van der Waals surface area contributed by atoms with Crippen LogP contribution in [-0.2, 0) is 28.5 Å². The maximum atomic E-state index is 12.7. The average Bonchev–Trinajstić information content (AvgIpc) is 3.26. The third kappa shape index (κ3) is 31.4. The van der Waals surface area contributed by atoms with E-state index in [1.165, 1.54) is 0 Å². The Kier molecular flexibility index (Phi) is 35.9. The van der Waals surface area contributed by atoms with Crippen molar-refractivity contribution in [2.45, 2.75) is 153 Å². The third-order valence-electron chi connectivity index (χ3n) is 9.16. The van der Waals surface area contributed by atoms with E-state index in [0.29, 0.717) is 19.3 Å². The highest BCUT2D eigenvalue weighted by Crippen LogP contribution is 2.22. The Hall–Kier alpha value is -4.16. The number of rotatable bonds is 34. The predicted molar refractivity (Wildman–Crippen MR) is 246 cm³/mol. The number of aliphatic hydroxyl groups is 4. The highest BCUT2D eigenvalue weighted by atomic mass is 16.7. The number of ether oxygens (including phenoxy) is 4. The first-order valence-electron chi connectivity index (χ1n) is 22.3. The van der Waals surface area contributed by atoms with Gasteiger partial charge in [0.25, 0.3) is 0 Å². The van der Waals surface area contributed by atoms with Gasteiger partial charge in [-0.15, -0.1) is 0 Å². The van der Waals surface area contributed by atoms with Crippen molar-refractivity contribution in [1.82, 2.24) is 0 Å². The second-order valence-electron chi connectivity index (χ2n) is 14.5. The maximum Gasteiger partial charge on any atom is 0.306 e. The van der Waals surface area contributed by atoms with Crippen molar-refractivity contribution in [2.75, 3.05) is 19.8 Å². The van der Waals surface area contributed by atoms with Crippen LogP contribution in [0, 0.1) is 0 Å². The number of hydrogen-bond acceptors (Lipinski definition) is 10. The molecule has 6 atom stereocenters. The monoisotopic (exact) mass is 849 g/mol. The zero-order chi connectivity index (χ0) is 44.4. The van der Waals surface area contributed by atoms with Crippen LogP contribution < -0.4 is 0 Å². The summed E-state index contributed by atoms with van der Waals surface area (Å²) in [5.74, 6) is -0.940. The van der Waals surface area contributed by atoms with Crippen molar-refractivity contribution in [2.24, 2.45) is 0 Å². The predicted octanol–water partition coefficient (Wildman–Crippen LogP) is 9.66. The number of carbonyl (C=O) groups is 2. The molecule has 0 aromatic heterocycles. The van der Waals surface area contributed by atoms with Gasteiger partial charge in [0.05, 0.1) is 13.2 Å². The number of aliphatic hydroxyl groups excluding tert-OH is 4. The van der Waals surface area contributed by atoms with E-state index in [-0.39, 0.29) is 26.1 Å². The summed E-state index contributed by atoms with van der Waals surface area (Å²) < 4.78 is 22.0. The molecule has 10 heteroatoms. The normalized spacial score (nSPS) is 21.0. The molecular formula is C51H76O10. The quantitative estimate of drug-likeness (QED) is 0.0213. The number of esters is 2. The molecule has 3 unspecified atom stereocenters. The Labute approximate surface area is 366 Å². The Morgan fingerprint density at radius 2 is 1.02 bits per heavy atom. The Bertz CT molecular complexity index is 1440. The molecule has 0 spiro atoms. The minimum Gasteiger partial charge on any atom is -0.462 e. The van der Waals surface area contributed by atoms with Crippen molar-refractivity contribution in [1.29, 1.82) is 0 Å². The Morgan fingerprint density at radius 1 is 0.525 bits per heavy atom. The lowest BCUT2D eigenvalue weighted by molar-refractivity contribution is -0.305. The molecule has 340 valence electrons. The number of carbonyl (C=O) groups excluding carboxylic acids is 2. The van der Waals surface area contributed by atoms with E-state index in [1.807, 2.05) is 54.7 Å². The van der Waals surface area contributed by atoms with E-state index in [0.717, 1.165) is 70.6 Å². The van der Waals surface area contributed by atoms with Gasteiger partial charge < -0.3 is 39.4 Å². The lowest BCUT2D eigenvalue weighted by atomic mass is 9.99. The van der Waals surface area contributed by atoms with Crippen LogP contribution in [0.1, 0.15) is 117 Å². The molecule has 0 amide bonds. The molecule has 0 bridgehead atoms. The molecule has 10 nitrogen and oxygen atoms in total. The summed E-state index contributed by atoms with van der Waals surface area (Å²) in [5.41, 5.74) is 0. The summed E-state index contributed by atoms with van der Waals surface area (Å²) in [4.78, 5) is 25.3. The van der Waals surface area contributed by atoms with Gasteiger partial charge in [-0.25, -0.2) is 0 Å². The van der Waals surface area contributed by atoms with Gasteiger partial charge in [-0.3, -0.25) is 9.59 Å². The van der Waals surface area contributed by atoms with Gasteiger partial charge in [0.1, 0.15) is 31.0 Å². The molecular weight excluding hydrogens is 773 g/mol. The van der Waals surface area contributed by atoms with Crippen LogP contribution in [0.25, 0.3) is 0 Å². The highest BCUT2D eigenvalue weighted by Gasteiger charge is 2.44. The first kappa shape index (κ1) is 54.9. The lowest BCUT2D eigenvalue weighted by Crippen LogP contribution is -2.59. The van der Waals surface area contributed by atoms with Crippen LogP contribution in [-0.4, -0.2) is 89.0 Å². The van der Waals surface area contributed by atoms with Crippen LogP contribution in [0.3, 0.4) is 0 Å². The van der Waals surface area contributed by atoms with E-state index >= 15 is 0 Å². The van der Waals surface area contributed by atoms with Crippen molar-refractivity contribution >= 4 is 11.9 Å². The first-order chi connectivity index (χ1) is 29.8. The summed E-state index contributed by atoms with van der Waals surface area (Å²) in [6.45, 7) is 3.02. The molecule has 61 heavy (non-hydrogen) atoms. The molecule has 0 aromatic rings. The minimum absolute atomic E-state index is 0.118. The summed E-state index contributed by atoms with van der Waals surface area (Å²) in [6.07, 6.45) is 50.4. The Balaban J connectivity index is 2.38. The second-order valence-corrected chi connectivity index (χ2v) is 14.5. The lowest BCUT2D eigenvalue weighted by Gasteiger charge is -2.39. The van der Waals surface area contributed by atoms with E-state index in [9.17, 15) is 30.0 Å². The topological polar surface area (TPSA) is 152 Å². The van der Waals surface area contributed by atoms with Crippen molar-refractivity contribution in [3.05, 3.63) is 134 Å². The van der Waals surface area contributed by atoms with Gasteiger partial charge in [-0.2, -0.15) is 0 Å². The fourth-order valence-corrected chi connectivity index (χ4v) is 5.69. The largest absolute Gasteiger partial charge is 0.462 e. The van der Waals surface area contributed by atoms with E-state index < -0.39 is 55.4 Å². The fourth-order valence-electron chi connectivity index (χ4n) is 5.69. The summed E-state index contributed by atoms with van der Waals surface area (Å²) in [5, 5.41) is 40.0. The fraction of sp³-hybridized carbons (Fsp3) is 0.529. The number of unbranched alkanes of at least 4 members (excludes halogenated alkanes) is 5. The molecule has 0 radical (unpaired) electrons. The summed E-state index contributed by atoms with van der Waals surface area (Å²) in [6, 6.07) is 0. The zero-order valence-corrected chi connectivity index (χ0v) is 36.8. The SMILES string of the molecule is CC/C=C/C=C/C=C/C=C/C=C/CCCC(=O)OC(COC(=O)CCCCCC/C=C/C/C=C/C/C=C/C/C=C/C/C=C/C/C=C/CC)CO[C@H]1O[C@@H](CO)[C@@H](O)C(O)C1O. The summed E-state index contributed by atoms with van der Waals surface area (Å²) >= 11 is 0. The first-order valence-corrected chi connectivity index (χ1v) is 22.3. The zero-order valence-electron chi connectivity index (χ0n) is 36.8. The molecule has 1 aliphatic rings. The van der Waals surface area contributed by atoms with Crippen LogP contribution in [0.5, 0.6) is 0 Å². The molecule has 1 rings (SSSR count). The van der Waals surface area contributed by atoms with Crippen LogP contribution in [0.2, 0.25) is 0 Å².